The first-order valence-corrected chi connectivity index (χ1v) is 7.40. The van der Waals surface area contributed by atoms with Crippen molar-refractivity contribution in [1.82, 2.24) is 4.98 Å². The number of thiazole rings is 1. The van der Waals surface area contributed by atoms with Gasteiger partial charge in [-0.05, 0) is 30.2 Å². The van der Waals surface area contributed by atoms with Gasteiger partial charge in [0, 0.05) is 23.4 Å². The zero-order valence-electron chi connectivity index (χ0n) is 11.7. The molecule has 0 aliphatic carbocycles. The van der Waals surface area contributed by atoms with E-state index >= 15 is 0 Å². The lowest BCUT2D eigenvalue weighted by molar-refractivity contribution is -0.427. The van der Waals surface area contributed by atoms with Crippen LogP contribution in [-0.2, 0) is 0 Å². The molecule has 1 heterocycles. The fourth-order valence-electron chi connectivity index (χ4n) is 1.85. The Bertz CT molecular complexity index is 663. The van der Waals surface area contributed by atoms with E-state index in [0.29, 0.717) is 17.1 Å². The summed E-state index contributed by atoms with van der Waals surface area (Å²) in [6.45, 7) is 3.87. The first-order valence-electron chi connectivity index (χ1n) is 6.52. The highest BCUT2D eigenvalue weighted by Crippen LogP contribution is 2.25. The third-order valence-corrected chi connectivity index (χ3v) is 3.69. The number of hydrogen-bond acceptors (Lipinski definition) is 4. The van der Waals surface area contributed by atoms with Crippen molar-refractivity contribution in [2.75, 3.05) is 0 Å². The maximum absolute atomic E-state index is 12.9. The van der Waals surface area contributed by atoms with E-state index in [1.807, 2.05) is 13.8 Å². The lowest BCUT2D eigenvalue weighted by Crippen LogP contribution is -2.02. The molecule has 4 nitrogen and oxygen atoms in total. The van der Waals surface area contributed by atoms with Gasteiger partial charge >= 0.3 is 0 Å². The van der Waals surface area contributed by atoms with E-state index < -0.39 is 0 Å². The van der Waals surface area contributed by atoms with Crippen LogP contribution in [0.15, 0.2) is 35.3 Å². The van der Waals surface area contributed by atoms with Crippen molar-refractivity contribution in [3.05, 3.63) is 57.0 Å². The van der Waals surface area contributed by atoms with E-state index in [0.717, 1.165) is 5.56 Å². The highest BCUT2D eigenvalue weighted by atomic mass is 32.1. The normalized spacial score (nSPS) is 11.9. The maximum atomic E-state index is 12.9. The standard InChI is InChI=1S/C15H15FN2O2S/c1-10(2)7-14(18(19)20)8-13-9-21-15(17-13)11-3-5-12(16)6-4-11/h3-6,8-10H,7H2,1-2H3. The van der Waals surface area contributed by atoms with Gasteiger partial charge in [0.05, 0.1) is 10.6 Å². The first kappa shape index (κ1) is 15.3. The summed E-state index contributed by atoms with van der Waals surface area (Å²) in [4.78, 5) is 15.0. The van der Waals surface area contributed by atoms with Crippen molar-refractivity contribution < 1.29 is 9.31 Å². The maximum Gasteiger partial charge on any atom is 0.248 e. The number of aromatic nitrogens is 1. The van der Waals surface area contributed by atoms with Crippen molar-refractivity contribution >= 4 is 17.4 Å². The molecule has 2 rings (SSSR count). The molecule has 1 aromatic carbocycles. The highest BCUT2D eigenvalue weighted by molar-refractivity contribution is 7.13. The van der Waals surface area contributed by atoms with Gasteiger partial charge in [0.15, 0.2) is 0 Å². The van der Waals surface area contributed by atoms with Crippen LogP contribution in [0, 0.1) is 21.8 Å². The van der Waals surface area contributed by atoms with Crippen LogP contribution in [0.4, 0.5) is 4.39 Å². The molecule has 0 amide bonds. The van der Waals surface area contributed by atoms with Crippen LogP contribution in [0.1, 0.15) is 26.0 Å². The van der Waals surface area contributed by atoms with Crippen LogP contribution in [0.2, 0.25) is 0 Å². The Balaban J connectivity index is 2.26. The average Bonchev–Trinajstić information content (AvgIpc) is 2.87. The molecule has 6 heteroatoms. The molecule has 0 atom stereocenters. The summed E-state index contributed by atoms with van der Waals surface area (Å²) >= 11 is 1.38. The predicted molar refractivity (Wildman–Crippen MR) is 81.9 cm³/mol. The van der Waals surface area contributed by atoms with E-state index in [4.69, 9.17) is 0 Å². The molecular weight excluding hydrogens is 291 g/mol. The predicted octanol–water partition coefficient (Wildman–Crippen LogP) is 4.61. The Hall–Kier alpha value is -2.08. The van der Waals surface area contributed by atoms with Crippen molar-refractivity contribution in [2.24, 2.45) is 5.92 Å². The second-order valence-corrected chi connectivity index (χ2v) is 5.93. The Labute approximate surface area is 126 Å². The van der Waals surface area contributed by atoms with Crippen LogP contribution in [0.3, 0.4) is 0 Å². The van der Waals surface area contributed by atoms with E-state index in [-0.39, 0.29) is 22.4 Å². The summed E-state index contributed by atoms with van der Waals surface area (Å²) in [5, 5.41) is 13.5. The zero-order chi connectivity index (χ0) is 15.4. The Morgan fingerprint density at radius 3 is 2.67 bits per heavy atom. The molecule has 0 unspecified atom stereocenters. The molecule has 110 valence electrons. The molecule has 0 aliphatic rings. The molecule has 0 radical (unpaired) electrons. The Kier molecular flexibility index (Phi) is 4.80. The Morgan fingerprint density at radius 1 is 1.43 bits per heavy atom. The number of rotatable bonds is 5. The number of nitro groups is 1. The van der Waals surface area contributed by atoms with E-state index in [1.54, 1.807) is 17.5 Å². The fraction of sp³-hybridized carbons (Fsp3) is 0.267. The van der Waals surface area contributed by atoms with Crippen LogP contribution in [0.5, 0.6) is 0 Å². The molecular formula is C15H15FN2O2S. The van der Waals surface area contributed by atoms with Gasteiger partial charge in [0.1, 0.15) is 10.8 Å². The molecule has 0 aliphatic heterocycles. The van der Waals surface area contributed by atoms with Gasteiger partial charge < -0.3 is 0 Å². The fourth-order valence-corrected chi connectivity index (χ4v) is 2.64. The number of allylic oxidation sites excluding steroid dienone is 1. The molecule has 0 spiro atoms. The monoisotopic (exact) mass is 306 g/mol. The van der Waals surface area contributed by atoms with Gasteiger partial charge in [-0.3, -0.25) is 10.1 Å². The molecule has 0 saturated heterocycles. The number of benzene rings is 1. The summed E-state index contributed by atoms with van der Waals surface area (Å²) in [5.74, 6) is -0.0974. The summed E-state index contributed by atoms with van der Waals surface area (Å²) in [6.07, 6.45) is 1.90. The quantitative estimate of drug-likeness (QED) is 0.598. The minimum Gasteiger partial charge on any atom is -0.259 e. The highest BCUT2D eigenvalue weighted by Gasteiger charge is 2.14. The van der Waals surface area contributed by atoms with Crippen molar-refractivity contribution in [2.45, 2.75) is 20.3 Å². The van der Waals surface area contributed by atoms with E-state index in [1.165, 1.54) is 29.5 Å². The number of halogens is 1. The third-order valence-electron chi connectivity index (χ3n) is 2.78. The zero-order valence-corrected chi connectivity index (χ0v) is 12.6. The van der Waals surface area contributed by atoms with E-state index in [2.05, 4.69) is 4.98 Å². The Morgan fingerprint density at radius 2 is 2.10 bits per heavy atom. The number of hydrogen-bond donors (Lipinski definition) is 0. The van der Waals surface area contributed by atoms with Gasteiger partial charge in [-0.2, -0.15) is 0 Å². The number of nitrogens with zero attached hydrogens (tertiary/aromatic N) is 2. The van der Waals surface area contributed by atoms with Crippen LogP contribution in [0.25, 0.3) is 16.6 Å². The first-order chi connectivity index (χ1) is 9.95. The SMILES string of the molecule is CC(C)CC(=Cc1csc(-c2ccc(F)cc2)n1)[N+](=O)[O-]. The smallest absolute Gasteiger partial charge is 0.248 e. The molecule has 0 bridgehead atoms. The third kappa shape index (κ3) is 4.19. The topological polar surface area (TPSA) is 56.0 Å². The molecule has 1 aromatic heterocycles. The van der Waals surface area contributed by atoms with Gasteiger partial charge in [-0.25, -0.2) is 9.37 Å². The molecule has 2 aromatic rings. The lowest BCUT2D eigenvalue weighted by Gasteiger charge is -2.01. The molecule has 0 saturated carbocycles. The minimum absolute atomic E-state index is 0.154. The molecule has 0 N–H and O–H groups in total. The van der Waals surface area contributed by atoms with Crippen LogP contribution < -0.4 is 0 Å². The van der Waals surface area contributed by atoms with Gasteiger partial charge in [-0.15, -0.1) is 11.3 Å². The average molecular weight is 306 g/mol. The lowest BCUT2D eigenvalue weighted by atomic mass is 10.1. The van der Waals surface area contributed by atoms with Crippen LogP contribution in [-0.4, -0.2) is 9.91 Å². The minimum atomic E-state index is -0.364. The second-order valence-electron chi connectivity index (χ2n) is 5.08. The van der Waals surface area contributed by atoms with Gasteiger partial charge in [0.25, 0.3) is 0 Å². The van der Waals surface area contributed by atoms with Gasteiger partial charge in [0.2, 0.25) is 5.70 Å². The molecule has 0 fully saturated rings. The summed E-state index contributed by atoms with van der Waals surface area (Å²) < 4.78 is 12.9. The van der Waals surface area contributed by atoms with Crippen molar-refractivity contribution in [3.63, 3.8) is 0 Å². The summed E-state index contributed by atoms with van der Waals surface area (Å²) in [6, 6.07) is 6.02. The van der Waals surface area contributed by atoms with Crippen molar-refractivity contribution in [1.29, 1.82) is 0 Å². The molecule has 21 heavy (non-hydrogen) atoms. The summed E-state index contributed by atoms with van der Waals surface area (Å²) in [5.41, 5.74) is 1.51. The van der Waals surface area contributed by atoms with Gasteiger partial charge in [-0.1, -0.05) is 13.8 Å². The second kappa shape index (κ2) is 6.58. The van der Waals surface area contributed by atoms with E-state index in [9.17, 15) is 14.5 Å². The largest absolute Gasteiger partial charge is 0.259 e. The van der Waals surface area contributed by atoms with Crippen LogP contribution >= 0.6 is 11.3 Å². The summed E-state index contributed by atoms with van der Waals surface area (Å²) in [7, 11) is 0. The van der Waals surface area contributed by atoms with Crippen molar-refractivity contribution in [3.8, 4) is 10.6 Å².